The summed E-state index contributed by atoms with van der Waals surface area (Å²) >= 11 is 7.11. The number of carbonyl (C=O) groups excluding carboxylic acids is 3. The molecule has 178 valence electrons. The van der Waals surface area contributed by atoms with Gasteiger partial charge in [0, 0.05) is 21.6 Å². The number of fused-ring (bicyclic) bond motifs is 3. The minimum Gasteiger partial charge on any atom is -0.462 e. The third kappa shape index (κ3) is 4.28. The normalized spacial score (nSPS) is 14.3. The number of ketones is 2. The van der Waals surface area contributed by atoms with Crippen molar-refractivity contribution in [1.82, 2.24) is 0 Å². The van der Waals surface area contributed by atoms with Gasteiger partial charge in [-0.25, -0.2) is 4.79 Å². The predicted octanol–water partition coefficient (Wildman–Crippen LogP) is 5.78. The van der Waals surface area contributed by atoms with Crippen LogP contribution in [0, 0.1) is 0 Å². The van der Waals surface area contributed by atoms with E-state index in [0.29, 0.717) is 45.1 Å². The van der Waals surface area contributed by atoms with Crippen LogP contribution in [0.5, 0.6) is 0 Å². The van der Waals surface area contributed by atoms with Crippen molar-refractivity contribution in [2.75, 3.05) is 17.2 Å². The van der Waals surface area contributed by atoms with E-state index < -0.39 is 0 Å². The van der Waals surface area contributed by atoms with Gasteiger partial charge < -0.3 is 15.4 Å². The van der Waals surface area contributed by atoms with E-state index in [4.69, 9.17) is 17.0 Å². The van der Waals surface area contributed by atoms with Gasteiger partial charge in [0.05, 0.1) is 23.4 Å². The molecule has 0 unspecified atom stereocenters. The SMILES string of the molecule is CCOC(=O)c1c(NC(=S)Nc2cccc3c2C(=O)c2ccccc2C3=O)sc2c1CCCCC2. The van der Waals surface area contributed by atoms with Gasteiger partial charge in [-0.2, -0.15) is 0 Å². The Labute approximate surface area is 212 Å². The number of carbonyl (C=O) groups is 3. The lowest BCUT2D eigenvalue weighted by Gasteiger charge is -2.21. The van der Waals surface area contributed by atoms with Crippen LogP contribution in [0.1, 0.15) is 78.8 Å². The van der Waals surface area contributed by atoms with Gasteiger partial charge in [0.15, 0.2) is 16.7 Å². The Hall–Kier alpha value is -3.36. The molecule has 1 heterocycles. The van der Waals surface area contributed by atoms with Crippen LogP contribution < -0.4 is 10.6 Å². The minimum absolute atomic E-state index is 0.190. The average molecular weight is 505 g/mol. The summed E-state index contributed by atoms with van der Waals surface area (Å²) in [6, 6.07) is 11.9. The van der Waals surface area contributed by atoms with Crippen LogP contribution in [0.2, 0.25) is 0 Å². The first-order valence-corrected chi connectivity index (χ1v) is 12.9. The summed E-state index contributed by atoms with van der Waals surface area (Å²) in [6.07, 6.45) is 5.03. The van der Waals surface area contributed by atoms with Crippen LogP contribution in [0.25, 0.3) is 0 Å². The van der Waals surface area contributed by atoms with Gasteiger partial charge in [-0.15, -0.1) is 11.3 Å². The van der Waals surface area contributed by atoms with Crippen molar-refractivity contribution in [3.8, 4) is 0 Å². The van der Waals surface area contributed by atoms with Gasteiger partial charge in [0.1, 0.15) is 5.00 Å². The van der Waals surface area contributed by atoms with Crippen molar-refractivity contribution < 1.29 is 19.1 Å². The number of esters is 1. The second-order valence-electron chi connectivity index (χ2n) is 8.50. The van der Waals surface area contributed by atoms with E-state index in [9.17, 15) is 14.4 Å². The van der Waals surface area contributed by atoms with Gasteiger partial charge in [-0.05, 0) is 56.5 Å². The maximum Gasteiger partial charge on any atom is 0.341 e. The summed E-state index contributed by atoms with van der Waals surface area (Å²) in [4.78, 5) is 40.3. The summed E-state index contributed by atoms with van der Waals surface area (Å²) in [5.74, 6) is -0.771. The Morgan fingerprint density at radius 3 is 2.43 bits per heavy atom. The molecule has 0 amide bonds. The highest BCUT2D eigenvalue weighted by Gasteiger charge is 2.32. The third-order valence-electron chi connectivity index (χ3n) is 6.33. The topological polar surface area (TPSA) is 84.5 Å². The van der Waals surface area contributed by atoms with Crippen molar-refractivity contribution in [2.24, 2.45) is 0 Å². The summed E-state index contributed by atoms with van der Waals surface area (Å²) in [7, 11) is 0. The van der Waals surface area contributed by atoms with Crippen LogP contribution >= 0.6 is 23.6 Å². The molecule has 2 N–H and O–H groups in total. The Kier molecular flexibility index (Phi) is 6.49. The Balaban J connectivity index is 1.45. The second-order valence-corrected chi connectivity index (χ2v) is 10.0. The third-order valence-corrected chi connectivity index (χ3v) is 7.74. The number of thiocarbonyl (C=S) groups is 1. The molecule has 0 radical (unpaired) electrons. The molecule has 2 aliphatic carbocycles. The zero-order valence-electron chi connectivity index (χ0n) is 19.2. The van der Waals surface area contributed by atoms with Crippen LogP contribution in [-0.2, 0) is 17.6 Å². The van der Waals surface area contributed by atoms with E-state index >= 15 is 0 Å². The van der Waals surface area contributed by atoms with E-state index in [-0.39, 0.29) is 22.6 Å². The monoisotopic (exact) mass is 504 g/mol. The first-order valence-electron chi connectivity index (χ1n) is 11.7. The fraction of sp³-hybridized carbons (Fsp3) is 0.259. The summed E-state index contributed by atoms with van der Waals surface area (Å²) in [6.45, 7) is 2.08. The summed E-state index contributed by atoms with van der Waals surface area (Å²) in [5, 5.41) is 7.14. The highest BCUT2D eigenvalue weighted by Crippen LogP contribution is 2.38. The van der Waals surface area contributed by atoms with Crippen molar-refractivity contribution in [3.63, 3.8) is 0 Å². The molecular weight excluding hydrogens is 480 g/mol. The van der Waals surface area contributed by atoms with Gasteiger partial charge in [-0.3, -0.25) is 9.59 Å². The molecule has 2 aliphatic rings. The molecular formula is C27H24N2O4S2. The number of hydrogen-bond acceptors (Lipinski definition) is 6. The van der Waals surface area contributed by atoms with E-state index in [2.05, 4.69) is 10.6 Å². The van der Waals surface area contributed by atoms with Crippen molar-refractivity contribution in [1.29, 1.82) is 0 Å². The number of thiophene rings is 1. The largest absolute Gasteiger partial charge is 0.462 e. The minimum atomic E-state index is -0.355. The molecule has 6 nitrogen and oxygen atoms in total. The van der Waals surface area contributed by atoms with E-state index in [1.54, 1.807) is 49.4 Å². The molecule has 35 heavy (non-hydrogen) atoms. The lowest BCUT2D eigenvalue weighted by atomic mass is 9.83. The molecule has 5 rings (SSSR count). The smallest absolute Gasteiger partial charge is 0.341 e. The van der Waals surface area contributed by atoms with Crippen LogP contribution in [-0.4, -0.2) is 29.3 Å². The molecule has 0 spiro atoms. The van der Waals surface area contributed by atoms with Gasteiger partial charge in [-0.1, -0.05) is 42.8 Å². The fourth-order valence-corrected chi connectivity index (χ4v) is 6.31. The van der Waals surface area contributed by atoms with Gasteiger partial charge in [0.25, 0.3) is 0 Å². The number of ether oxygens (including phenoxy) is 1. The predicted molar refractivity (Wildman–Crippen MR) is 141 cm³/mol. The molecule has 0 saturated heterocycles. The molecule has 0 saturated carbocycles. The number of anilines is 2. The van der Waals surface area contributed by atoms with E-state index in [1.165, 1.54) is 16.2 Å². The summed E-state index contributed by atoms with van der Waals surface area (Å²) in [5.41, 5.74) is 3.47. The van der Waals surface area contributed by atoms with Crippen LogP contribution in [0.4, 0.5) is 10.7 Å². The number of hydrogen-bond donors (Lipinski definition) is 2. The standard InChI is InChI=1S/C27H24N2O4S2/c1-2-33-26(32)22-17-11-4-3-5-14-20(17)35-25(22)29-27(34)28-19-13-8-12-18-21(19)24(31)16-10-7-6-9-15(16)23(18)30/h6-10,12-13H,2-5,11,14H2,1H3,(H2,28,29,34). The number of nitrogens with one attached hydrogen (secondary N) is 2. The van der Waals surface area contributed by atoms with Crippen LogP contribution in [0.15, 0.2) is 42.5 Å². The number of benzene rings is 2. The van der Waals surface area contributed by atoms with Crippen molar-refractivity contribution in [2.45, 2.75) is 39.0 Å². The zero-order chi connectivity index (χ0) is 24.5. The van der Waals surface area contributed by atoms with Crippen molar-refractivity contribution in [3.05, 3.63) is 80.7 Å². The Morgan fingerprint density at radius 1 is 0.943 bits per heavy atom. The Bertz CT molecular complexity index is 1380. The molecule has 2 aromatic carbocycles. The fourth-order valence-electron chi connectivity index (χ4n) is 4.76. The quantitative estimate of drug-likeness (QED) is 0.207. The average Bonchev–Trinajstić information content (AvgIpc) is 3.02. The first-order chi connectivity index (χ1) is 17.0. The molecule has 0 atom stereocenters. The second kappa shape index (κ2) is 9.71. The van der Waals surface area contributed by atoms with Crippen molar-refractivity contribution >= 4 is 56.9 Å². The first kappa shape index (κ1) is 23.4. The van der Waals surface area contributed by atoms with Gasteiger partial charge in [0.2, 0.25) is 0 Å². The maximum atomic E-state index is 13.3. The van der Waals surface area contributed by atoms with E-state index in [1.807, 2.05) is 0 Å². The highest BCUT2D eigenvalue weighted by molar-refractivity contribution is 7.80. The highest BCUT2D eigenvalue weighted by atomic mass is 32.1. The maximum absolute atomic E-state index is 13.3. The zero-order valence-corrected chi connectivity index (χ0v) is 20.9. The summed E-state index contributed by atoms with van der Waals surface area (Å²) < 4.78 is 5.35. The molecule has 8 heteroatoms. The lowest BCUT2D eigenvalue weighted by Crippen LogP contribution is -2.26. The number of rotatable bonds is 4. The molecule has 3 aromatic rings. The molecule has 0 aliphatic heterocycles. The number of aryl methyl sites for hydroxylation is 1. The Morgan fingerprint density at radius 2 is 1.66 bits per heavy atom. The molecule has 1 aromatic heterocycles. The van der Waals surface area contributed by atoms with E-state index in [0.717, 1.165) is 37.7 Å². The lowest BCUT2D eigenvalue weighted by molar-refractivity contribution is 0.0526. The van der Waals surface area contributed by atoms with Gasteiger partial charge >= 0.3 is 5.97 Å². The molecule has 0 fully saturated rings. The molecule has 0 bridgehead atoms. The van der Waals surface area contributed by atoms with Crippen LogP contribution in [0.3, 0.4) is 0 Å².